The van der Waals surface area contributed by atoms with Crippen LogP contribution < -0.4 is 0 Å². The summed E-state index contributed by atoms with van der Waals surface area (Å²) < 4.78 is 0. The molecule has 1 saturated heterocycles. The van der Waals surface area contributed by atoms with E-state index in [9.17, 15) is 0 Å². The Morgan fingerprint density at radius 2 is 2.21 bits per heavy atom. The number of alkyl halides is 1. The average Bonchev–Trinajstić information content (AvgIpc) is 2.58. The Kier molecular flexibility index (Phi) is 5.88. The van der Waals surface area contributed by atoms with Crippen molar-refractivity contribution < 1.29 is 0 Å². The van der Waals surface area contributed by atoms with Crippen LogP contribution in [0.5, 0.6) is 0 Å². The van der Waals surface area contributed by atoms with E-state index in [1.165, 1.54) is 45.2 Å². The number of nitrogens with zero attached hydrogens (tertiary/aromatic N) is 1. The van der Waals surface area contributed by atoms with Gasteiger partial charge in [-0.1, -0.05) is 33.1 Å². The number of hydrogen-bond acceptors (Lipinski definition) is 1. The van der Waals surface area contributed by atoms with Gasteiger partial charge in [0.1, 0.15) is 0 Å². The van der Waals surface area contributed by atoms with Crippen molar-refractivity contribution >= 4 is 11.6 Å². The van der Waals surface area contributed by atoms with Crippen LogP contribution in [0.3, 0.4) is 0 Å². The quantitative estimate of drug-likeness (QED) is 0.616. The second kappa shape index (κ2) is 6.68. The molecule has 0 aliphatic carbocycles. The molecule has 2 heteroatoms. The molecule has 1 aliphatic heterocycles. The van der Waals surface area contributed by atoms with Gasteiger partial charge < -0.3 is 4.90 Å². The van der Waals surface area contributed by atoms with Crippen LogP contribution in [0.15, 0.2) is 0 Å². The average molecular weight is 218 g/mol. The molecule has 1 rings (SSSR count). The standard InChI is InChI=1S/C12H24ClN/c1-3-5-6-11(4-2)9-14-8-7-12(13)10-14/h11-12H,3-10H2,1-2H3. The lowest BCUT2D eigenvalue weighted by Crippen LogP contribution is -2.27. The fraction of sp³-hybridized carbons (Fsp3) is 1.00. The zero-order chi connectivity index (χ0) is 10.4. The molecule has 1 fully saturated rings. The molecule has 0 spiro atoms. The van der Waals surface area contributed by atoms with E-state index >= 15 is 0 Å². The van der Waals surface area contributed by atoms with E-state index in [2.05, 4.69) is 18.7 Å². The Morgan fingerprint density at radius 1 is 1.43 bits per heavy atom. The van der Waals surface area contributed by atoms with Gasteiger partial charge >= 0.3 is 0 Å². The van der Waals surface area contributed by atoms with Crippen LogP contribution in [0.2, 0.25) is 0 Å². The van der Waals surface area contributed by atoms with E-state index in [-0.39, 0.29) is 0 Å². The molecule has 0 aromatic carbocycles. The molecule has 0 amide bonds. The Bertz CT molecular complexity index is 149. The van der Waals surface area contributed by atoms with Crippen molar-refractivity contribution in [2.75, 3.05) is 19.6 Å². The molecule has 1 aliphatic rings. The van der Waals surface area contributed by atoms with Crippen molar-refractivity contribution in [3.8, 4) is 0 Å². The molecule has 0 bridgehead atoms. The minimum Gasteiger partial charge on any atom is -0.302 e. The van der Waals surface area contributed by atoms with Crippen LogP contribution in [0, 0.1) is 5.92 Å². The van der Waals surface area contributed by atoms with Gasteiger partial charge in [-0.05, 0) is 25.3 Å². The Labute approximate surface area is 93.8 Å². The SMILES string of the molecule is CCCCC(CC)CN1CCC(Cl)C1. The van der Waals surface area contributed by atoms with Crippen LogP contribution in [0.4, 0.5) is 0 Å². The van der Waals surface area contributed by atoms with Gasteiger partial charge in [0.25, 0.3) is 0 Å². The van der Waals surface area contributed by atoms with E-state index < -0.39 is 0 Å². The van der Waals surface area contributed by atoms with Gasteiger partial charge in [-0.3, -0.25) is 0 Å². The summed E-state index contributed by atoms with van der Waals surface area (Å²) in [5, 5.41) is 0.415. The van der Waals surface area contributed by atoms with E-state index in [1.54, 1.807) is 0 Å². The molecule has 1 heterocycles. The smallest absolute Gasteiger partial charge is 0.0475 e. The third-order valence-corrected chi connectivity index (χ3v) is 3.63. The summed E-state index contributed by atoms with van der Waals surface area (Å²) in [5.74, 6) is 0.900. The van der Waals surface area contributed by atoms with E-state index in [0.29, 0.717) is 5.38 Å². The minimum absolute atomic E-state index is 0.415. The topological polar surface area (TPSA) is 3.24 Å². The highest BCUT2D eigenvalue weighted by Gasteiger charge is 2.22. The van der Waals surface area contributed by atoms with Crippen LogP contribution in [-0.4, -0.2) is 29.9 Å². The Morgan fingerprint density at radius 3 is 2.71 bits per heavy atom. The van der Waals surface area contributed by atoms with Gasteiger partial charge in [0.15, 0.2) is 0 Å². The Hall–Kier alpha value is 0.250. The molecule has 14 heavy (non-hydrogen) atoms. The summed E-state index contributed by atoms with van der Waals surface area (Å²) in [7, 11) is 0. The van der Waals surface area contributed by atoms with Crippen LogP contribution in [0.25, 0.3) is 0 Å². The first kappa shape index (κ1) is 12.3. The fourth-order valence-corrected chi connectivity index (χ4v) is 2.53. The highest BCUT2D eigenvalue weighted by Crippen LogP contribution is 2.19. The normalized spacial score (nSPS) is 25.5. The van der Waals surface area contributed by atoms with E-state index in [1.807, 2.05) is 0 Å². The van der Waals surface area contributed by atoms with Crippen molar-refractivity contribution in [3.05, 3.63) is 0 Å². The van der Waals surface area contributed by atoms with Crippen molar-refractivity contribution in [1.29, 1.82) is 0 Å². The first-order chi connectivity index (χ1) is 6.76. The lowest BCUT2D eigenvalue weighted by molar-refractivity contribution is 0.261. The van der Waals surface area contributed by atoms with Gasteiger partial charge in [-0.15, -0.1) is 11.6 Å². The molecule has 84 valence electrons. The third-order valence-electron chi connectivity index (χ3n) is 3.27. The summed E-state index contributed by atoms with van der Waals surface area (Å²) in [6.45, 7) is 8.20. The number of unbranched alkanes of at least 4 members (excludes halogenated alkanes) is 1. The summed E-state index contributed by atoms with van der Waals surface area (Å²) >= 11 is 6.10. The maximum Gasteiger partial charge on any atom is 0.0475 e. The number of likely N-dealkylation sites (tertiary alicyclic amines) is 1. The molecule has 0 radical (unpaired) electrons. The molecular weight excluding hydrogens is 194 g/mol. The molecule has 0 aromatic rings. The second-order valence-electron chi connectivity index (χ2n) is 4.56. The third kappa shape index (κ3) is 4.18. The van der Waals surface area contributed by atoms with Gasteiger partial charge in [-0.2, -0.15) is 0 Å². The second-order valence-corrected chi connectivity index (χ2v) is 5.18. The lowest BCUT2D eigenvalue weighted by atomic mass is 9.99. The van der Waals surface area contributed by atoms with Crippen LogP contribution in [-0.2, 0) is 0 Å². The van der Waals surface area contributed by atoms with Crippen molar-refractivity contribution in [2.24, 2.45) is 5.92 Å². The summed E-state index contributed by atoms with van der Waals surface area (Å²) in [6.07, 6.45) is 6.62. The summed E-state index contributed by atoms with van der Waals surface area (Å²) in [4.78, 5) is 2.54. The predicted octanol–water partition coefficient (Wildman–Crippen LogP) is 3.52. The number of hydrogen-bond donors (Lipinski definition) is 0. The molecule has 2 unspecified atom stereocenters. The van der Waals surface area contributed by atoms with Crippen molar-refractivity contribution in [1.82, 2.24) is 4.90 Å². The highest BCUT2D eigenvalue weighted by atomic mass is 35.5. The molecule has 0 aromatic heterocycles. The molecule has 1 nitrogen and oxygen atoms in total. The van der Waals surface area contributed by atoms with Gasteiger partial charge in [0, 0.05) is 18.5 Å². The first-order valence-electron chi connectivity index (χ1n) is 6.12. The van der Waals surface area contributed by atoms with E-state index in [0.717, 1.165) is 12.5 Å². The highest BCUT2D eigenvalue weighted by molar-refractivity contribution is 6.20. The molecule has 2 atom stereocenters. The number of halogens is 1. The Balaban J connectivity index is 2.19. The monoisotopic (exact) mass is 217 g/mol. The molecule has 0 saturated carbocycles. The first-order valence-corrected chi connectivity index (χ1v) is 6.56. The van der Waals surface area contributed by atoms with Gasteiger partial charge in [0.05, 0.1) is 0 Å². The van der Waals surface area contributed by atoms with Gasteiger partial charge in [-0.25, -0.2) is 0 Å². The maximum atomic E-state index is 6.10. The van der Waals surface area contributed by atoms with Crippen molar-refractivity contribution in [3.63, 3.8) is 0 Å². The van der Waals surface area contributed by atoms with Crippen molar-refractivity contribution in [2.45, 2.75) is 51.3 Å². The van der Waals surface area contributed by atoms with Gasteiger partial charge in [0.2, 0.25) is 0 Å². The van der Waals surface area contributed by atoms with Crippen LogP contribution in [0.1, 0.15) is 46.0 Å². The zero-order valence-corrected chi connectivity index (χ0v) is 10.4. The summed E-state index contributed by atoms with van der Waals surface area (Å²) in [6, 6.07) is 0. The lowest BCUT2D eigenvalue weighted by Gasteiger charge is -2.22. The fourth-order valence-electron chi connectivity index (χ4n) is 2.23. The predicted molar refractivity (Wildman–Crippen MR) is 64.0 cm³/mol. The summed E-state index contributed by atoms with van der Waals surface area (Å²) in [5.41, 5.74) is 0. The molecule has 0 N–H and O–H groups in total. The number of rotatable bonds is 6. The molecular formula is C12H24ClN. The maximum absolute atomic E-state index is 6.10. The van der Waals surface area contributed by atoms with Crippen LogP contribution >= 0.6 is 11.6 Å². The largest absolute Gasteiger partial charge is 0.302 e. The zero-order valence-electron chi connectivity index (χ0n) is 9.64. The van der Waals surface area contributed by atoms with E-state index in [4.69, 9.17) is 11.6 Å². The minimum atomic E-state index is 0.415.